The van der Waals surface area contributed by atoms with Crippen LogP contribution in [0.25, 0.3) is 0 Å². The Kier molecular flexibility index (Phi) is 0.662. The van der Waals surface area contributed by atoms with Crippen LogP contribution in [0.15, 0.2) is 12.2 Å². The Bertz CT molecular complexity index is 139. The first-order valence-electron chi connectivity index (χ1n) is 3.24. The molecular weight excluding hydrogens is 98.1 g/mol. The molecule has 0 aromatic heterocycles. The minimum atomic E-state index is 0.569. The minimum absolute atomic E-state index is 0.569. The molecule has 0 radical (unpaired) electrons. The summed E-state index contributed by atoms with van der Waals surface area (Å²) in [5, 5.41) is 0. The molecule has 0 aromatic rings. The zero-order valence-corrected chi connectivity index (χ0v) is 4.93. The molecule has 44 valence electrons. The molecule has 2 aliphatic carbocycles. The maximum absolute atomic E-state index is 5.57. The van der Waals surface area contributed by atoms with Gasteiger partial charge in [-0.15, -0.1) is 0 Å². The lowest BCUT2D eigenvalue weighted by Crippen LogP contribution is -2.14. The van der Waals surface area contributed by atoms with Crippen molar-refractivity contribution >= 4 is 0 Å². The maximum atomic E-state index is 5.57. The largest absolute Gasteiger partial charge is 0.330 e. The summed E-state index contributed by atoms with van der Waals surface area (Å²) in [4.78, 5) is 0. The lowest BCUT2D eigenvalue weighted by Gasteiger charge is -2.04. The lowest BCUT2D eigenvalue weighted by molar-refractivity contribution is 0.523. The molecule has 1 heteroatoms. The van der Waals surface area contributed by atoms with E-state index >= 15 is 0 Å². The van der Waals surface area contributed by atoms with Crippen LogP contribution in [0.4, 0.5) is 0 Å². The van der Waals surface area contributed by atoms with Gasteiger partial charge in [0.05, 0.1) is 0 Å². The Morgan fingerprint density at radius 3 is 2.88 bits per heavy atom. The molecule has 0 aromatic carbocycles. The average molecular weight is 109 g/mol. The molecule has 0 amide bonds. The normalized spacial score (nSPS) is 49.4. The quantitative estimate of drug-likeness (QED) is 0.498. The molecule has 1 fully saturated rings. The van der Waals surface area contributed by atoms with Crippen LogP contribution in [0.3, 0.4) is 0 Å². The SMILES string of the molecule is NCC12CC=CC1C2. The summed E-state index contributed by atoms with van der Waals surface area (Å²) in [5.41, 5.74) is 6.14. The van der Waals surface area contributed by atoms with Crippen LogP contribution in [-0.4, -0.2) is 6.54 Å². The molecule has 1 saturated carbocycles. The monoisotopic (exact) mass is 109 g/mol. The second-order valence-electron chi connectivity index (χ2n) is 3.01. The van der Waals surface area contributed by atoms with E-state index < -0.39 is 0 Å². The van der Waals surface area contributed by atoms with Crippen LogP contribution in [0.2, 0.25) is 0 Å². The van der Waals surface area contributed by atoms with Gasteiger partial charge >= 0.3 is 0 Å². The topological polar surface area (TPSA) is 26.0 Å². The van der Waals surface area contributed by atoms with Crippen molar-refractivity contribution < 1.29 is 0 Å². The Labute approximate surface area is 49.6 Å². The van der Waals surface area contributed by atoms with Crippen molar-refractivity contribution in [3.63, 3.8) is 0 Å². The number of fused-ring (bicyclic) bond motifs is 1. The van der Waals surface area contributed by atoms with Crippen molar-refractivity contribution in [1.29, 1.82) is 0 Å². The molecule has 1 nitrogen and oxygen atoms in total. The summed E-state index contributed by atoms with van der Waals surface area (Å²) in [6, 6.07) is 0. The summed E-state index contributed by atoms with van der Waals surface area (Å²) in [5.74, 6) is 0.868. The standard InChI is InChI=1S/C7H11N/c8-5-7-3-1-2-6(7)4-7/h1-2,6H,3-5,8H2. The molecule has 0 bridgehead atoms. The highest BCUT2D eigenvalue weighted by molar-refractivity contribution is 5.21. The summed E-state index contributed by atoms with van der Waals surface area (Å²) >= 11 is 0. The summed E-state index contributed by atoms with van der Waals surface area (Å²) in [7, 11) is 0. The molecule has 0 heterocycles. The van der Waals surface area contributed by atoms with Crippen molar-refractivity contribution in [2.75, 3.05) is 6.54 Å². The van der Waals surface area contributed by atoms with Crippen LogP contribution in [0.5, 0.6) is 0 Å². The van der Waals surface area contributed by atoms with E-state index in [-0.39, 0.29) is 0 Å². The van der Waals surface area contributed by atoms with Gasteiger partial charge in [0.25, 0.3) is 0 Å². The van der Waals surface area contributed by atoms with Gasteiger partial charge in [0.2, 0.25) is 0 Å². The van der Waals surface area contributed by atoms with Crippen molar-refractivity contribution in [1.82, 2.24) is 0 Å². The zero-order valence-electron chi connectivity index (χ0n) is 4.93. The van der Waals surface area contributed by atoms with Gasteiger partial charge in [-0.3, -0.25) is 0 Å². The van der Waals surface area contributed by atoms with E-state index in [1.165, 1.54) is 12.8 Å². The van der Waals surface area contributed by atoms with E-state index in [1.807, 2.05) is 0 Å². The van der Waals surface area contributed by atoms with Gasteiger partial charge in [-0.2, -0.15) is 0 Å². The van der Waals surface area contributed by atoms with E-state index in [4.69, 9.17) is 5.73 Å². The molecule has 0 spiro atoms. The minimum Gasteiger partial charge on any atom is -0.330 e. The van der Waals surface area contributed by atoms with Gasteiger partial charge in [-0.05, 0) is 30.7 Å². The van der Waals surface area contributed by atoms with Gasteiger partial charge in [-0.1, -0.05) is 12.2 Å². The van der Waals surface area contributed by atoms with E-state index in [2.05, 4.69) is 12.2 Å². The van der Waals surface area contributed by atoms with E-state index in [9.17, 15) is 0 Å². The van der Waals surface area contributed by atoms with Crippen LogP contribution in [0, 0.1) is 11.3 Å². The molecular formula is C7H11N. The first kappa shape index (κ1) is 4.57. The van der Waals surface area contributed by atoms with Crippen molar-refractivity contribution in [2.24, 2.45) is 17.1 Å². The Morgan fingerprint density at radius 1 is 1.75 bits per heavy atom. The number of hydrogen-bond acceptors (Lipinski definition) is 1. The van der Waals surface area contributed by atoms with E-state index in [1.54, 1.807) is 0 Å². The van der Waals surface area contributed by atoms with Crippen LogP contribution in [0.1, 0.15) is 12.8 Å². The smallest absolute Gasteiger partial charge is 0.00117 e. The molecule has 2 rings (SSSR count). The highest BCUT2D eigenvalue weighted by Crippen LogP contribution is 2.59. The molecule has 2 unspecified atom stereocenters. The zero-order chi connectivity index (χ0) is 5.61. The summed E-state index contributed by atoms with van der Waals surface area (Å²) < 4.78 is 0. The first-order chi connectivity index (χ1) is 3.87. The Hall–Kier alpha value is -0.300. The number of allylic oxidation sites excluding steroid dienone is 2. The van der Waals surface area contributed by atoms with Crippen molar-refractivity contribution in [3.8, 4) is 0 Å². The molecule has 8 heavy (non-hydrogen) atoms. The fraction of sp³-hybridized carbons (Fsp3) is 0.714. The van der Waals surface area contributed by atoms with Crippen LogP contribution >= 0.6 is 0 Å². The van der Waals surface area contributed by atoms with Crippen molar-refractivity contribution in [3.05, 3.63) is 12.2 Å². The predicted molar refractivity (Wildman–Crippen MR) is 33.4 cm³/mol. The van der Waals surface area contributed by atoms with Gasteiger partial charge < -0.3 is 5.73 Å². The van der Waals surface area contributed by atoms with Gasteiger partial charge in [0, 0.05) is 0 Å². The number of hydrogen-bond donors (Lipinski definition) is 1. The van der Waals surface area contributed by atoms with Gasteiger partial charge in [0.1, 0.15) is 0 Å². The third kappa shape index (κ3) is 0.360. The second kappa shape index (κ2) is 1.16. The number of nitrogens with two attached hydrogens (primary N) is 1. The Balaban J connectivity index is 2.15. The highest BCUT2D eigenvalue weighted by atomic mass is 14.7. The molecule has 0 saturated heterocycles. The maximum Gasteiger partial charge on any atom is -0.00117 e. The fourth-order valence-electron chi connectivity index (χ4n) is 1.67. The third-order valence-electron chi connectivity index (χ3n) is 2.55. The average Bonchev–Trinajstić information content (AvgIpc) is 2.38. The Morgan fingerprint density at radius 2 is 2.62 bits per heavy atom. The molecule has 2 N–H and O–H groups in total. The molecule has 0 aliphatic heterocycles. The second-order valence-corrected chi connectivity index (χ2v) is 3.01. The van der Waals surface area contributed by atoms with E-state index in [0.29, 0.717) is 5.41 Å². The molecule has 2 aliphatic rings. The van der Waals surface area contributed by atoms with Gasteiger partial charge in [0.15, 0.2) is 0 Å². The predicted octanol–water partition coefficient (Wildman–Crippen LogP) is 0.911. The first-order valence-corrected chi connectivity index (χ1v) is 3.24. The van der Waals surface area contributed by atoms with E-state index in [0.717, 1.165) is 12.5 Å². The fourth-order valence-corrected chi connectivity index (χ4v) is 1.67. The third-order valence-corrected chi connectivity index (χ3v) is 2.55. The summed E-state index contributed by atoms with van der Waals surface area (Å²) in [6.45, 7) is 0.894. The van der Waals surface area contributed by atoms with Gasteiger partial charge in [-0.25, -0.2) is 0 Å². The van der Waals surface area contributed by atoms with Crippen molar-refractivity contribution in [2.45, 2.75) is 12.8 Å². The number of rotatable bonds is 1. The summed E-state index contributed by atoms with van der Waals surface area (Å²) in [6.07, 6.45) is 7.18. The lowest BCUT2D eigenvalue weighted by atomic mass is 10.1. The molecule has 2 atom stereocenters. The van der Waals surface area contributed by atoms with Crippen LogP contribution in [-0.2, 0) is 0 Å². The highest BCUT2D eigenvalue weighted by Gasteiger charge is 2.52. The van der Waals surface area contributed by atoms with Crippen LogP contribution < -0.4 is 5.73 Å².